The summed E-state index contributed by atoms with van der Waals surface area (Å²) in [7, 11) is 0. The molecule has 0 aliphatic heterocycles. The minimum atomic E-state index is -0.399. The van der Waals surface area contributed by atoms with Crippen molar-refractivity contribution < 1.29 is 5.11 Å². The van der Waals surface area contributed by atoms with Crippen LogP contribution in [0.15, 0.2) is 9.21 Å². The Morgan fingerprint density at radius 3 is 2.60 bits per heavy atom. The van der Waals surface area contributed by atoms with E-state index in [1.165, 1.54) is 5.56 Å². The van der Waals surface area contributed by atoms with Crippen molar-refractivity contribution in [3.63, 3.8) is 0 Å². The molecule has 1 saturated carbocycles. The molecule has 0 aromatic carbocycles. The van der Waals surface area contributed by atoms with Gasteiger partial charge in [-0.1, -0.05) is 6.92 Å². The van der Waals surface area contributed by atoms with Crippen molar-refractivity contribution in [2.75, 3.05) is 0 Å². The van der Waals surface area contributed by atoms with E-state index in [2.05, 4.69) is 43.9 Å². The van der Waals surface area contributed by atoms with Crippen LogP contribution in [0.5, 0.6) is 0 Å². The first-order valence-electron chi connectivity index (χ1n) is 5.19. The van der Waals surface area contributed by atoms with Gasteiger partial charge < -0.3 is 5.11 Å². The number of aryl methyl sites for hydroxylation is 1. The second-order valence-electron chi connectivity index (χ2n) is 4.11. The van der Waals surface area contributed by atoms with E-state index in [1.54, 1.807) is 0 Å². The molecule has 0 amide bonds. The summed E-state index contributed by atoms with van der Waals surface area (Å²) in [4.78, 5) is 0. The molecule has 1 aliphatic rings. The third-order valence-corrected chi connectivity index (χ3v) is 4.43. The Labute approximate surface area is 106 Å². The topological polar surface area (TPSA) is 38.0 Å². The molecular formula is C10H14Br2N2O. The van der Waals surface area contributed by atoms with Gasteiger partial charge in [-0.05, 0) is 57.5 Å². The van der Waals surface area contributed by atoms with Crippen LogP contribution in [0.4, 0.5) is 0 Å². The Balaban J connectivity index is 2.07. The first kappa shape index (κ1) is 11.6. The minimum absolute atomic E-state index is 0.399. The third kappa shape index (κ3) is 2.45. The molecule has 0 radical (unpaired) electrons. The van der Waals surface area contributed by atoms with Gasteiger partial charge >= 0.3 is 0 Å². The van der Waals surface area contributed by atoms with Crippen LogP contribution in [0.3, 0.4) is 0 Å². The molecule has 2 rings (SSSR count). The molecule has 1 aromatic rings. The maximum Gasteiger partial charge on any atom is 0.132 e. The van der Waals surface area contributed by atoms with E-state index >= 15 is 0 Å². The average molecular weight is 338 g/mol. The zero-order valence-electron chi connectivity index (χ0n) is 8.63. The Kier molecular flexibility index (Phi) is 3.24. The molecule has 1 aromatic heterocycles. The molecule has 5 heteroatoms. The number of hydrogen-bond donors (Lipinski definition) is 1. The van der Waals surface area contributed by atoms with Crippen molar-refractivity contribution in [2.45, 2.75) is 44.8 Å². The van der Waals surface area contributed by atoms with E-state index in [4.69, 9.17) is 0 Å². The standard InChI is InChI=1S/C10H14Br2N2O/c1-2-7-8(11)13-14(9(7)12)6-5-10(15)3-4-10/h15H,2-6H2,1H3. The highest BCUT2D eigenvalue weighted by Crippen LogP contribution is 2.39. The molecule has 84 valence electrons. The maximum absolute atomic E-state index is 9.75. The summed E-state index contributed by atoms with van der Waals surface area (Å²) >= 11 is 6.98. The lowest BCUT2D eigenvalue weighted by Gasteiger charge is -2.08. The third-order valence-electron chi connectivity index (χ3n) is 2.90. The monoisotopic (exact) mass is 336 g/mol. The van der Waals surface area contributed by atoms with E-state index in [0.717, 1.165) is 41.4 Å². The SMILES string of the molecule is CCc1c(Br)nn(CCC2(O)CC2)c1Br. The van der Waals surface area contributed by atoms with Crippen LogP contribution in [0.1, 0.15) is 31.7 Å². The van der Waals surface area contributed by atoms with Gasteiger partial charge in [0.25, 0.3) is 0 Å². The number of halogens is 2. The lowest BCUT2D eigenvalue weighted by molar-refractivity contribution is 0.132. The molecule has 0 unspecified atom stereocenters. The molecule has 1 fully saturated rings. The Morgan fingerprint density at radius 2 is 2.13 bits per heavy atom. The number of rotatable bonds is 4. The van der Waals surface area contributed by atoms with Crippen molar-refractivity contribution in [2.24, 2.45) is 0 Å². The molecule has 0 bridgehead atoms. The van der Waals surface area contributed by atoms with Crippen LogP contribution < -0.4 is 0 Å². The minimum Gasteiger partial charge on any atom is -0.390 e. The summed E-state index contributed by atoms with van der Waals surface area (Å²) in [5, 5.41) is 14.1. The van der Waals surface area contributed by atoms with Crippen molar-refractivity contribution in [1.82, 2.24) is 9.78 Å². The molecule has 15 heavy (non-hydrogen) atoms. The van der Waals surface area contributed by atoms with Gasteiger partial charge in [0.15, 0.2) is 0 Å². The molecule has 0 saturated heterocycles. The van der Waals surface area contributed by atoms with Gasteiger partial charge in [0.2, 0.25) is 0 Å². The normalized spacial score (nSPS) is 18.1. The second-order valence-corrected chi connectivity index (χ2v) is 5.61. The lowest BCUT2D eigenvalue weighted by Crippen LogP contribution is -2.12. The van der Waals surface area contributed by atoms with Crippen molar-refractivity contribution in [3.05, 3.63) is 14.8 Å². The number of hydrogen-bond acceptors (Lipinski definition) is 2. The molecule has 1 heterocycles. The van der Waals surface area contributed by atoms with Crippen molar-refractivity contribution in [3.8, 4) is 0 Å². The molecule has 1 N–H and O–H groups in total. The fourth-order valence-electron chi connectivity index (χ4n) is 1.60. The maximum atomic E-state index is 9.75. The van der Waals surface area contributed by atoms with Crippen LogP contribution in [0, 0.1) is 0 Å². The Bertz CT molecular complexity index is 372. The van der Waals surface area contributed by atoms with Crippen molar-refractivity contribution >= 4 is 31.9 Å². The second kappa shape index (κ2) is 4.18. The quantitative estimate of drug-likeness (QED) is 0.917. The Morgan fingerprint density at radius 1 is 1.47 bits per heavy atom. The Hall–Kier alpha value is 0.130. The molecular weight excluding hydrogens is 324 g/mol. The van der Waals surface area contributed by atoms with Crippen LogP contribution in [-0.2, 0) is 13.0 Å². The number of nitrogens with zero attached hydrogens (tertiary/aromatic N) is 2. The molecule has 0 spiro atoms. The zero-order chi connectivity index (χ0) is 11.1. The summed E-state index contributed by atoms with van der Waals surface area (Å²) in [6.07, 6.45) is 3.62. The summed E-state index contributed by atoms with van der Waals surface area (Å²) in [6.45, 7) is 2.88. The highest BCUT2D eigenvalue weighted by atomic mass is 79.9. The largest absolute Gasteiger partial charge is 0.390 e. The van der Waals surface area contributed by atoms with E-state index in [9.17, 15) is 5.11 Å². The summed E-state index contributed by atoms with van der Waals surface area (Å²) in [6, 6.07) is 0. The van der Waals surface area contributed by atoms with Gasteiger partial charge in [0, 0.05) is 12.1 Å². The molecule has 0 atom stereocenters. The van der Waals surface area contributed by atoms with E-state index < -0.39 is 5.60 Å². The predicted molar refractivity (Wildman–Crippen MR) is 65.8 cm³/mol. The smallest absolute Gasteiger partial charge is 0.132 e. The average Bonchev–Trinajstić information content (AvgIpc) is 2.85. The number of aliphatic hydroxyl groups is 1. The van der Waals surface area contributed by atoms with Crippen LogP contribution >= 0.6 is 31.9 Å². The van der Waals surface area contributed by atoms with Crippen LogP contribution in [0.25, 0.3) is 0 Å². The van der Waals surface area contributed by atoms with Gasteiger partial charge in [-0.15, -0.1) is 0 Å². The fraction of sp³-hybridized carbons (Fsp3) is 0.700. The van der Waals surface area contributed by atoms with Gasteiger partial charge in [-0.25, -0.2) is 0 Å². The summed E-state index contributed by atoms with van der Waals surface area (Å²) in [5.74, 6) is 0. The molecule has 1 aliphatic carbocycles. The highest BCUT2D eigenvalue weighted by molar-refractivity contribution is 9.11. The van der Waals surface area contributed by atoms with Gasteiger partial charge in [-0.3, -0.25) is 4.68 Å². The lowest BCUT2D eigenvalue weighted by atomic mass is 10.2. The van der Waals surface area contributed by atoms with E-state index in [1.807, 2.05) is 4.68 Å². The highest BCUT2D eigenvalue weighted by Gasteiger charge is 2.39. The van der Waals surface area contributed by atoms with Crippen LogP contribution in [0.2, 0.25) is 0 Å². The van der Waals surface area contributed by atoms with Gasteiger partial charge in [0.05, 0.1) is 5.60 Å². The first-order chi connectivity index (χ1) is 7.06. The zero-order valence-corrected chi connectivity index (χ0v) is 11.8. The first-order valence-corrected chi connectivity index (χ1v) is 6.77. The summed E-state index contributed by atoms with van der Waals surface area (Å²) in [5.41, 5.74) is 0.794. The van der Waals surface area contributed by atoms with Gasteiger partial charge in [-0.2, -0.15) is 5.10 Å². The van der Waals surface area contributed by atoms with Crippen molar-refractivity contribution in [1.29, 1.82) is 0 Å². The van der Waals surface area contributed by atoms with Crippen LogP contribution in [-0.4, -0.2) is 20.5 Å². The number of aromatic nitrogens is 2. The summed E-state index contributed by atoms with van der Waals surface area (Å²) < 4.78 is 3.85. The van der Waals surface area contributed by atoms with E-state index in [0.29, 0.717) is 0 Å². The van der Waals surface area contributed by atoms with E-state index in [-0.39, 0.29) is 0 Å². The fourth-order valence-corrected chi connectivity index (χ4v) is 3.25. The van der Waals surface area contributed by atoms with Gasteiger partial charge in [0.1, 0.15) is 9.21 Å². The molecule has 3 nitrogen and oxygen atoms in total. The predicted octanol–water partition coefficient (Wildman–Crippen LogP) is 2.89.